The summed E-state index contributed by atoms with van der Waals surface area (Å²) in [5, 5.41) is 33.9. The summed E-state index contributed by atoms with van der Waals surface area (Å²) in [6.07, 6.45) is 2.83. The highest BCUT2D eigenvalue weighted by molar-refractivity contribution is 6.24. The first-order valence-corrected chi connectivity index (χ1v) is 12.3. The smallest absolute Gasteiger partial charge is 0.325 e. The molecule has 0 radical (unpaired) electrons. The van der Waals surface area contributed by atoms with E-state index < -0.39 is 58.5 Å². The second-order valence-corrected chi connectivity index (χ2v) is 9.67. The van der Waals surface area contributed by atoms with Crippen molar-refractivity contribution in [3.05, 3.63) is 106 Å². The highest BCUT2D eigenvalue weighted by atomic mass is 16.6. The number of amides is 2. The van der Waals surface area contributed by atoms with Gasteiger partial charge in [0.05, 0.1) is 28.9 Å². The van der Waals surface area contributed by atoms with Gasteiger partial charge in [0, 0.05) is 18.2 Å². The third kappa shape index (κ3) is 4.52. The number of aliphatic carboxylic acids is 2. The van der Waals surface area contributed by atoms with Crippen LogP contribution in [0.3, 0.4) is 0 Å². The molecule has 3 N–H and O–H groups in total. The molecule has 0 saturated carbocycles. The van der Waals surface area contributed by atoms with Crippen molar-refractivity contribution < 1.29 is 34.3 Å². The van der Waals surface area contributed by atoms with Gasteiger partial charge in [-0.3, -0.25) is 34.6 Å². The van der Waals surface area contributed by atoms with Crippen molar-refractivity contribution in [2.75, 3.05) is 4.90 Å². The largest absolute Gasteiger partial charge is 0.481 e. The molecule has 3 aromatic rings. The second kappa shape index (κ2) is 10.2. The molecule has 3 aromatic carbocycles. The van der Waals surface area contributed by atoms with Crippen LogP contribution in [-0.4, -0.2) is 44.4 Å². The minimum absolute atomic E-state index is 0.0895. The summed E-state index contributed by atoms with van der Waals surface area (Å²) in [7, 11) is 0. The molecule has 0 spiro atoms. The van der Waals surface area contributed by atoms with Gasteiger partial charge in [-0.25, -0.2) is 4.90 Å². The maximum Gasteiger partial charge on any atom is 0.325 e. The molecule has 40 heavy (non-hydrogen) atoms. The molecule has 11 heteroatoms. The summed E-state index contributed by atoms with van der Waals surface area (Å²) in [5.41, 5.74) is -0.433. The molecule has 2 saturated heterocycles. The van der Waals surface area contributed by atoms with Crippen molar-refractivity contribution in [1.29, 1.82) is 0 Å². The van der Waals surface area contributed by atoms with Gasteiger partial charge in [-0.05, 0) is 22.8 Å². The van der Waals surface area contributed by atoms with Crippen molar-refractivity contribution in [1.82, 2.24) is 5.32 Å². The number of hydrogen-bond acceptors (Lipinski definition) is 7. The third-order valence-electron chi connectivity index (χ3n) is 7.33. The molecule has 0 aliphatic carbocycles. The lowest BCUT2D eigenvalue weighted by Crippen LogP contribution is -2.57. The van der Waals surface area contributed by atoms with Crippen LogP contribution >= 0.6 is 0 Å². The summed E-state index contributed by atoms with van der Waals surface area (Å²) < 4.78 is 0. The Labute approximate surface area is 227 Å². The number of anilines is 1. The second-order valence-electron chi connectivity index (χ2n) is 9.67. The van der Waals surface area contributed by atoms with Crippen LogP contribution in [0.2, 0.25) is 0 Å². The van der Waals surface area contributed by atoms with Crippen LogP contribution in [0.4, 0.5) is 11.4 Å². The molecule has 2 heterocycles. The van der Waals surface area contributed by atoms with E-state index in [0.29, 0.717) is 5.56 Å². The van der Waals surface area contributed by atoms with Gasteiger partial charge < -0.3 is 10.2 Å². The van der Waals surface area contributed by atoms with Crippen LogP contribution in [0.25, 0.3) is 12.2 Å². The average Bonchev–Trinajstić information content (AvgIpc) is 3.41. The van der Waals surface area contributed by atoms with E-state index in [4.69, 9.17) is 0 Å². The number of imide groups is 1. The lowest BCUT2D eigenvalue weighted by Gasteiger charge is -2.29. The van der Waals surface area contributed by atoms with Gasteiger partial charge in [-0.15, -0.1) is 0 Å². The Kier molecular flexibility index (Phi) is 6.74. The molecular weight excluding hydrogens is 518 g/mol. The van der Waals surface area contributed by atoms with E-state index in [2.05, 4.69) is 5.32 Å². The van der Waals surface area contributed by atoms with E-state index in [1.165, 1.54) is 18.2 Å². The highest BCUT2D eigenvalue weighted by Gasteiger charge is 2.69. The standard InChI is InChI=1S/C29H23N3O8/c33-22(34)16-29(28(37)38)24-23(26(35)31(27(24)36)20-7-4-8-21(15-20)32(39)40)25(30-29)19-13-11-18(12-14-19)10-9-17-5-2-1-3-6-17/h1-15,23-25,30H,16H2,(H,33,34)(H,37,38)/b10-9+. The lowest BCUT2D eigenvalue weighted by atomic mass is 9.77. The molecule has 5 rings (SSSR count). The number of nitrogens with one attached hydrogen (secondary N) is 1. The molecule has 4 unspecified atom stereocenters. The van der Waals surface area contributed by atoms with Gasteiger partial charge in [0.1, 0.15) is 5.54 Å². The molecule has 2 aliphatic heterocycles. The van der Waals surface area contributed by atoms with E-state index in [1.54, 1.807) is 24.3 Å². The van der Waals surface area contributed by atoms with Crippen molar-refractivity contribution in [3.63, 3.8) is 0 Å². The normalized spacial score (nSPS) is 23.9. The minimum atomic E-state index is -2.28. The van der Waals surface area contributed by atoms with Crippen LogP contribution < -0.4 is 10.2 Å². The number of carboxylic acids is 2. The van der Waals surface area contributed by atoms with Crippen LogP contribution in [0.1, 0.15) is 29.2 Å². The van der Waals surface area contributed by atoms with Crippen LogP contribution in [0.5, 0.6) is 0 Å². The van der Waals surface area contributed by atoms with Crippen LogP contribution in [0.15, 0.2) is 78.9 Å². The Balaban J connectivity index is 1.54. The average molecular weight is 542 g/mol. The van der Waals surface area contributed by atoms with Crippen molar-refractivity contribution in [2.24, 2.45) is 11.8 Å². The van der Waals surface area contributed by atoms with Crippen molar-refractivity contribution in [2.45, 2.75) is 18.0 Å². The number of carboxylic acid groups (broad SMARTS) is 2. The fourth-order valence-corrected chi connectivity index (χ4v) is 5.53. The molecule has 2 aliphatic rings. The molecular formula is C29H23N3O8. The number of benzene rings is 3. The number of fused-ring (bicyclic) bond motifs is 1. The molecule has 2 amide bonds. The zero-order valence-corrected chi connectivity index (χ0v) is 20.8. The summed E-state index contributed by atoms with van der Waals surface area (Å²) in [5.74, 6) is -7.57. The number of non-ortho nitro benzene ring substituents is 1. The third-order valence-corrected chi connectivity index (χ3v) is 7.33. The number of rotatable bonds is 8. The lowest BCUT2D eigenvalue weighted by molar-refractivity contribution is -0.384. The minimum Gasteiger partial charge on any atom is -0.481 e. The zero-order chi connectivity index (χ0) is 28.6. The van der Waals surface area contributed by atoms with Gasteiger partial charge in [0.2, 0.25) is 11.8 Å². The maximum absolute atomic E-state index is 13.7. The van der Waals surface area contributed by atoms with Crippen LogP contribution in [0, 0.1) is 22.0 Å². The first-order chi connectivity index (χ1) is 19.1. The first-order valence-electron chi connectivity index (χ1n) is 12.3. The fourth-order valence-electron chi connectivity index (χ4n) is 5.53. The van der Waals surface area contributed by atoms with Crippen molar-refractivity contribution in [3.8, 4) is 0 Å². The van der Waals surface area contributed by atoms with E-state index in [1.807, 2.05) is 42.5 Å². The predicted octanol–water partition coefficient (Wildman–Crippen LogP) is 3.51. The Hall–Kier alpha value is -5.16. The molecule has 0 aromatic heterocycles. The fraction of sp³-hybridized carbons (Fsp3) is 0.172. The van der Waals surface area contributed by atoms with E-state index in [0.717, 1.165) is 22.1 Å². The number of carbonyl (C=O) groups excluding carboxylic acids is 2. The van der Waals surface area contributed by atoms with E-state index in [-0.39, 0.29) is 11.4 Å². The monoisotopic (exact) mass is 541 g/mol. The molecule has 0 bridgehead atoms. The molecule has 2 fully saturated rings. The Morgan fingerprint density at radius 3 is 2.17 bits per heavy atom. The molecule has 4 atom stereocenters. The summed E-state index contributed by atoms with van der Waals surface area (Å²) >= 11 is 0. The van der Waals surface area contributed by atoms with Crippen molar-refractivity contribution >= 4 is 47.3 Å². The Morgan fingerprint density at radius 1 is 0.925 bits per heavy atom. The number of hydrogen-bond donors (Lipinski definition) is 3. The van der Waals surface area contributed by atoms with Gasteiger partial charge in [-0.2, -0.15) is 0 Å². The van der Waals surface area contributed by atoms with Gasteiger partial charge in [0.25, 0.3) is 5.69 Å². The highest BCUT2D eigenvalue weighted by Crippen LogP contribution is 2.51. The Morgan fingerprint density at radius 2 is 1.57 bits per heavy atom. The first kappa shape index (κ1) is 26.4. The topological polar surface area (TPSA) is 167 Å². The SMILES string of the molecule is O=C(O)CC1(C(=O)O)NC(c2ccc(/C=C/c3ccccc3)cc2)C2C(=O)N(c3cccc([N+](=O)[O-])c3)C(=O)C21. The number of nitrogens with zero attached hydrogens (tertiary/aromatic N) is 2. The maximum atomic E-state index is 13.7. The number of carbonyl (C=O) groups is 4. The summed E-state index contributed by atoms with van der Waals surface area (Å²) in [6.45, 7) is 0. The number of nitro benzene ring substituents is 1. The molecule has 11 nitrogen and oxygen atoms in total. The molecule has 202 valence electrons. The van der Waals surface area contributed by atoms with Gasteiger partial charge >= 0.3 is 11.9 Å². The Bertz CT molecular complexity index is 1550. The summed E-state index contributed by atoms with van der Waals surface area (Å²) in [4.78, 5) is 63.1. The van der Waals surface area contributed by atoms with Crippen LogP contribution in [-0.2, 0) is 19.2 Å². The summed E-state index contributed by atoms with van der Waals surface area (Å²) in [6, 6.07) is 20.4. The van der Waals surface area contributed by atoms with Gasteiger partial charge in [-0.1, -0.05) is 72.8 Å². The quantitative estimate of drug-likeness (QED) is 0.167. The van der Waals surface area contributed by atoms with E-state index >= 15 is 0 Å². The van der Waals surface area contributed by atoms with E-state index in [9.17, 15) is 39.5 Å². The zero-order valence-electron chi connectivity index (χ0n) is 20.8. The predicted molar refractivity (Wildman–Crippen MR) is 143 cm³/mol. The van der Waals surface area contributed by atoms with Gasteiger partial charge in [0.15, 0.2) is 0 Å². The number of nitro groups is 1.